The first kappa shape index (κ1) is 12.0. The largest absolute Gasteiger partial charge is 0.333 e. The Morgan fingerprint density at radius 2 is 1.93 bits per heavy atom. The molecule has 0 saturated carbocycles. The first-order valence-corrected chi connectivity index (χ1v) is 5.47. The van der Waals surface area contributed by atoms with Crippen molar-refractivity contribution in [1.82, 2.24) is 10.2 Å². The van der Waals surface area contributed by atoms with Gasteiger partial charge in [0.2, 0.25) is 0 Å². The molecule has 0 radical (unpaired) electrons. The second-order valence-electron chi connectivity index (χ2n) is 5.06. The minimum Gasteiger partial charge on any atom is -0.333 e. The molecule has 15 heavy (non-hydrogen) atoms. The van der Waals surface area contributed by atoms with E-state index in [0.29, 0.717) is 25.9 Å². The fourth-order valence-electron chi connectivity index (χ4n) is 1.57. The van der Waals surface area contributed by atoms with Crippen LogP contribution in [0.1, 0.15) is 40.0 Å². The third kappa shape index (κ3) is 4.32. The van der Waals surface area contributed by atoms with Gasteiger partial charge in [-0.25, -0.2) is 4.79 Å². The molecule has 86 valence electrons. The number of carbonyl (C=O) groups is 2. The Hall–Kier alpha value is -1.06. The lowest BCUT2D eigenvalue weighted by molar-refractivity contribution is -0.118. The summed E-state index contributed by atoms with van der Waals surface area (Å²) in [4.78, 5) is 24.7. The van der Waals surface area contributed by atoms with Crippen molar-refractivity contribution in [2.45, 2.75) is 45.6 Å². The molecule has 0 aromatic heterocycles. The van der Waals surface area contributed by atoms with Crippen molar-refractivity contribution >= 4 is 11.8 Å². The van der Waals surface area contributed by atoms with Crippen molar-refractivity contribution in [3.8, 4) is 0 Å². The van der Waals surface area contributed by atoms with Gasteiger partial charge in [-0.1, -0.05) is 0 Å². The summed E-state index contributed by atoms with van der Waals surface area (Å²) in [6.07, 6.45) is 1.90. The molecule has 0 bridgehead atoms. The van der Waals surface area contributed by atoms with E-state index in [1.165, 1.54) is 0 Å². The first-order chi connectivity index (χ1) is 6.88. The highest BCUT2D eigenvalue weighted by molar-refractivity contribution is 5.81. The summed E-state index contributed by atoms with van der Waals surface area (Å²) in [5.74, 6) is 0.265. The number of hydrogen-bond donors (Lipinski definition) is 1. The fourth-order valence-corrected chi connectivity index (χ4v) is 1.57. The molecule has 0 atom stereocenters. The molecule has 4 nitrogen and oxygen atoms in total. The van der Waals surface area contributed by atoms with Gasteiger partial charge in [-0.2, -0.15) is 0 Å². The maximum absolute atomic E-state index is 11.8. The van der Waals surface area contributed by atoms with E-state index in [9.17, 15) is 9.59 Å². The molecule has 2 amide bonds. The second-order valence-corrected chi connectivity index (χ2v) is 5.06. The molecule has 0 aromatic rings. The van der Waals surface area contributed by atoms with E-state index in [1.807, 2.05) is 20.8 Å². The lowest BCUT2D eigenvalue weighted by Gasteiger charge is -2.27. The van der Waals surface area contributed by atoms with Gasteiger partial charge in [0.25, 0.3) is 0 Å². The van der Waals surface area contributed by atoms with Crippen LogP contribution in [0.25, 0.3) is 0 Å². The van der Waals surface area contributed by atoms with Crippen molar-refractivity contribution < 1.29 is 9.59 Å². The lowest BCUT2D eigenvalue weighted by atomic mass is 10.1. The van der Waals surface area contributed by atoms with Crippen LogP contribution < -0.4 is 5.32 Å². The summed E-state index contributed by atoms with van der Waals surface area (Å²) in [6.45, 7) is 7.10. The topological polar surface area (TPSA) is 49.4 Å². The van der Waals surface area contributed by atoms with E-state index in [-0.39, 0.29) is 17.4 Å². The van der Waals surface area contributed by atoms with Crippen molar-refractivity contribution in [3.05, 3.63) is 0 Å². The molecule has 1 aliphatic rings. The van der Waals surface area contributed by atoms with E-state index in [4.69, 9.17) is 0 Å². The molecule has 1 heterocycles. The predicted octanol–water partition coefficient (Wildman–Crippen LogP) is 1.55. The maximum atomic E-state index is 11.8. The molecular formula is C11H20N2O2. The van der Waals surface area contributed by atoms with Gasteiger partial charge in [0.15, 0.2) is 0 Å². The van der Waals surface area contributed by atoms with Gasteiger partial charge < -0.3 is 10.2 Å². The van der Waals surface area contributed by atoms with Crippen LogP contribution in [0.15, 0.2) is 0 Å². The minimum absolute atomic E-state index is 0.0581. The number of carbonyl (C=O) groups excluding carboxylic acids is 2. The monoisotopic (exact) mass is 212 g/mol. The average Bonchev–Trinajstić information content (AvgIpc) is 2.26. The van der Waals surface area contributed by atoms with Gasteiger partial charge in [0.05, 0.1) is 0 Å². The van der Waals surface area contributed by atoms with E-state index in [1.54, 1.807) is 4.90 Å². The van der Waals surface area contributed by atoms with Gasteiger partial charge in [-0.15, -0.1) is 0 Å². The number of rotatable bonds is 0. The Morgan fingerprint density at radius 1 is 1.27 bits per heavy atom. The van der Waals surface area contributed by atoms with Crippen LogP contribution in [-0.2, 0) is 4.79 Å². The van der Waals surface area contributed by atoms with Crippen LogP contribution in [0, 0.1) is 0 Å². The van der Waals surface area contributed by atoms with Crippen molar-refractivity contribution in [3.63, 3.8) is 0 Å². The summed E-state index contributed by atoms with van der Waals surface area (Å²) >= 11 is 0. The number of ketones is 1. The van der Waals surface area contributed by atoms with Crippen LogP contribution in [0.5, 0.6) is 0 Å². The van der Waals surface area contributed by atoms with Crippen LogP contribution in [-0.4, -0.2) is 35.3 Å². The standard InChI is InChI=1S/C11H20N2O2/c1-11(2,3)12-10(15)13-7-4-5-9(14)6-8-13/h4-8H2,1-3H3,(H,12,15). The fraction of sp³-hybridized carbons (Fsp3) is 0.818. The Balaban J connectivity index is 2.49. The Labute approximate surface area is 91.0 Å². The summed E-state index contributed by atoms with van der Waals surface area (Å²) in [7, 11) is 0. The smallest absolute Gasteiger partial charge is 0.317 e. The zero-order chi connectivity index (χ0) is 11.5. The molecule has 1 fully saturated rings. The molecule has 4 heteroatoms. The van der Waals surface area contributed by atoms with Crippen molar-refractivity contribution in [1.29, 1.82) is 0 Å². The van der Waals surface area contributed by atoms with E-state index in [0.717, 1.165) is 6.42 Å². The summed E-state index contributed by atoms with van der Waals surface area (Å²) < 4.78 is 0. The van der Waals surface area contributed by atoms with Gasteiger partial charge >= 0.3 is 6.03 Å². The molecule has 0 aliphatic carbocycles. The number of amides is 2. The third-order valence-corrected chi connectivity index (χ3v) is 2.31. The number of hydrogen-bond acceptors (Lipinski definition) is 2. The Bertz CT molecular complexity index is 256. The number of Topliss-reactive ketones (excluding diaryl/α,β-unsaturated/α-hetero) is 1. The molecule has 0 unspecified atom stereocenters. The summed E-state index contributed by atoms with van der Waals surface area (Å²) in [5, 5.41) is 2.91. The molecule has 1 rings (SSSR count). The molecular weight excluding hydrogens is 192 g/mol. The molecule has 1 saturated heterocycles. The van der Waals surface area contributed by atoms with Crippen LogP contribution in [0.3, 0.4) is 0 Å². The van der Waals surface area contributed by atoms with Gasteiger partial charge in [-0.3, -0.25) is 4.79 Å². The number of urea groups is 1. The Morgan fingerprint density at radius 3 is 2.53 bits per heavy atom. The minimum atomic E-state index is -0.215. The summed E-state index contributed by atoms with van der Waals surface area (Å²) in [5.41, 5.74) is -0.215. The number of likely N-dealkylation sites (tertiary alicyclic amines) is 1. The predicted molar refractivity (Wildman–Crippen MR) is 58.7 cm³/mol. The number of nitrogens with zero attached hydrogens (tertiary/aromatic N) is 1. The highest BCUT2D eigenvalue weighted by Gasteiger charge is 2.21. The van der Waals surface area contributed by atoms with E-state index >= 15 is 0 Å². The van der Waals surface area contributed by atoms with Crippen LogP contribution >= 0.6 is 0 Å². The molecule has 0 spiro atoms. The van der Waals surface area contributed by atoms with Crippen molar-refractivity contribution in [2.75, 3.05) is 13.1 Å². The average molecular weight is 212 g/mol. The molecule has 1 N–H and O–H groups in total. The summed E-state index contributed by atoms with van der Waals surface area (Å²) in [6, 6.07) is -0.0581. The van der Waals surface area contributed by atoms with Crippen LogP contribution in [0.2, 0.25) is 0 Å². The third-order valence-electron chi connectivity index (χ3n) is 2.31. The Kier molecular flexibility index (Phi) is 3.72. The van der Waals surface area contributed by atoms with Crippen molar-refractivity contribution in [2.24, 2.45) is 0 Å². The second kappa shape index (κ2) is 4.64. The SMILES string of the molecule is CC(C)(C)NC(=O)N1CCCC(=O)CC1. The zero-order valence-electron chi connectivity index (χ0n) is 9.80. The van der Waals surface area contributed by atoms with E-state index < -0.39 is 0 Å². The zero-order valence-corrected chi connectivity index (χ0v) is 9.80. The highest BCUT2D eigenvalue weighted by atomic mass is 16.2. The normalized spacial score (nSPS) is 18.6. The quantitative estimate of drug-likeness (QED) is 0.662. The van der Waals surface area contributed by atoms with Gasteiger partial charge in [0.1, 0.15) is 5.78 Å². The van der Waals surface area contributed by atoms with Gasteiger partial charge in [-0.05, 0) is 27.2 Å². The molecule has 1 aliphatic heterocycles. The maximum Gasteiger partial charge on any atom is 0.317 e. The van der Waals surface area contributed by atoms with Crippen LogP contribution in [0.4, 0.5) is 4.79 Å². The lowest BCUT2D eigenvalue weighted by Crippen LogP contribution is -2.48. The van der Waals surface area contributed by atoms with E-state index in [2.05, 4.69) is 5.32 Å². The highest BCUT2D eigenvalue weighted by Crippen LogP contribution is 2.08. The first-order valence-electron chi connectivity index (χ1n) is 5.47. The molecule has 0 aromatic carbocycles. The number of nitrogens with one attached hydrogen (secondary N) is 1. The van der Waals surface area contributed by atoms with Gasteiger partial charge in [0, 0.05) is 31.5 Å².